The number of nitrogens with zero attached hydrogens (tertiary/aromatic N) is 1. The van der Waals surface area contributed by atoms with Gasteiger partial charge in [0.15, 0.2) is 5.78 Å². The highest BCUT2D eigenvalue weighted by atomic mass is 19.1. The third-order valence-corrected chi connectivity index (χ3v) is 2.88. The Kier molecular flexibility index (Phi) is 5.63. The Labute approximate surface area is 112 Å². The number of ketones is 1. The maximum Gasteiger partial charge on any atom is 0.231 e. The minimum absolute atomic E-state index is 0.0740. The molecule has 1 rings (SSSR count). The molecule has 0 aliphatic heterocycles. The summed E-state index contributed by atoms with van der Waals surface area (Å²) in [5.41, 5.74) is 5.63. The van der Waals surface area contributed by atoms with Crippen LogP contribution in [-0.4, -0.2) is 35.7 Å². The van der Waals surface area contributed by atoms with Gasteiger partial charge in [-0.25, -0.2) is 4.39 Å². The van der Waals surface area contributed by atoms with Gasteiger partial charge in [0.1, 0.15) is 5.82 Å². The smallest absolute Gasteiger partial charge is 0.231 e. The van der Waals surface area contributed by atoms with Crippen molar-refractivity contribution in [1.29, 1.82) is 0 Å². The number of carbonyl (C=O) groups excluding carboxylic acids is 2. The molecule has 1 aromatic rings. The zero-order valence-corrected chi connectivity index (χ0v) is 11.2. The maximum absolute atomic E-state index is 12.7. The number of nitrogens with two attached hydrogens (primary N) is 1. The third-order valence-electron chi connectivity index (χ3n) is 2.88. The molecule has 1 aromatic carbocycles. The van der Waals surface area contributed by atoms with Crippen molar-refractivity contribution in [1.82, 2.24) is 4.90 Å². The lowest BCUT2D eigenvalue weighted by Crippen LogP contribution is -2.39. The zero-order chi connectivity index (χ0) is 14.4. The predicted molar refractivity (Wildman–Crippen MR) is 71.3 cm³/mol. The monoisotopic (exact) mass is 266 g/mol. The first-order chi connectivity index (χ1) is 8.90. The van der Waals surface area contributed by atoms with Crippen LogP contribution in [0, 0.1) is 5.82 Å². The number of primary amides is 1. The molecule has 0 heterocycles. The van der Waals surface area contributed by atoms with Crippen LogP contribution in [0.5, 0.6) is 0 Å². The van der Waals surface area contributed by atoms with E-state index >= 15 is 0 Å². The van der Waals surface area contributed by atoms with Crippen molar-refractivity contribution < 1.29 is 14.0 Å². The first-order valence-electron chi connectivity index (χ1n) is 6.21. The minimum Gasteiger partial charge on any atom is -0.369 e. The van der Waals surface area contributed by atoms with Gasteiger partial charge >= 0.3 is 0 Å². The summed E-state index contributed by atoms with van der Waals surface area (Å²) in [6.07, 6.45) is 0.275. The van der Waals surface area contributed by atoms with E-state index in [1.54, 1.807) is 0 Å². The number of benzene rings is 1. The summed E-state index contributed by atoms with van der Waals surface area (Å²) in [5.74, 6) is -0.855. The fourth-order valence-corrected chi connectivity index (χ4v) is 1.75. The fraction of sp³-hybridized carbons (Fsp3) is 0.429. The first kappa shape index (κ1) is 15.3. The highest BCUT2D eigenvalue weighted by molar-refractivity contribution is 5.96. The van der Waals surface area contributed by atoms with Gasteiger partial charge in [-0.15, -0.1) is 0 Å². The minimum atomic E-state index is -0.414. The number of carbonyl (C=O) groups is 2. The summed E-state index contributed by atoms with van der Waals surface area (Å²) in [6.45, 7) is 4.46. The Hall–Kier alpha value is -1.75. The van der Waals surface area contributed by atoms with Crippen LogP contribution in [0.15, 0.2) is 24.3 Å². The van der Waals surface area contributed by atoms with Crippen LogP contribution in [0.2, 0.25) is 0 Å². The summed E-state index contributed by atoms with van der Waals surface area (Å²) in [6, 6.07) is 5.58. The molecule has 0 aliphatic rings. The molecule has 0 aromatic heterocycles. The lowest BCUT2D eigenvalue weighted by molar-refractivity contribution is -0.119. The van der Waals surface area contributed by atoms with Crippen LogP contribution in [-0.2, 0) is 4.79 Å². The third kappa shape index (κ3) is 5.18. The second-order valence-electron chi connectivity index (χ2n) is 4.71. The van der Waals surface area contributed by atoms with Crippen LogP contribution in [0.25, 0.3) is 0 Å². The van der Waals surface area contributed by atoms with Gasteiger partial charge in [0.2, 0.25) is 5.91 Å². The Balaban J connectivity index is 2.56. The summed E-state index contributed by atoms with van der Waals surface area (Å²) < 4.78 is 12.7. The number of Topliss-reactive ketones (excluding diaryl/α,β-unsaturated/α-hetero) is 1. The molecule has 5 heteroatoms. The zero-order valence-electron chi connectivity index (χ0n) is 11.2. The lowest BCUT2D eigenvalue weighted by atomic mass is 10.1. The highest BCUT2D eigenvalue weighted by Crippen LogP contribution is 2.07. The van der Waals surface area contributed by atoms with Crippen molar-refractivity contribution in [3.63, 3.8) is 0 Å². The van der Waals surface area contributed by atoms with E-state index in [2.05, 4.69) is 0 Å². The van der Waals surface area contributed by atoms with Crippen LogP contribution in [0.4, 0.5) is 4.39 Å². The van der Waals surface area contributed by atoms with E-state index < -0.39 is 5.91 Å². The molecule has 19 heavy (non-hydrogen) atoms. The Morgan fingerprint density at radius 1 is 1.26 bits per heavy atom. The second kappa shape index (κ2) is 6.99. The van der Waals surface area contributed by atoms with Crippen LogP contribution in [0.3, 0.4) is 0 Å². The van der Waals surface area contributed by atoms with Crippen molar-refractivity contribution >= 4 is 11.7 Å². The van der Waals surface area contributed by atoms with E-state index in [0.717, 1.165) is 0 Å². The highest BCUT2D eigenvalue weighted by Gasteiger charge is 2.14. The molecule has 0 unspecified atom stereocenters. The molecular weight excluding hydrogens is 247 g/mol. The van der Waals surface area contributed by atoms with E-state index in [4.69, 9.17) is 5.73 Å². The van der Waals surface area contributed by atoms with Crippen LogP contribution in [0.1, 0.15) is 30.6 Å². The van der Waals surface area contributed by atoms with E-state index in [1.165, 1.54) is 24.3 Å². The van der Waals surface area contributed by atoms with Gasteiger partial charge in [-0.05, 0) is 38.1 Å². The summed E-state index contributed by atoms with van der Waals surface area (Å²) >= 11 is 0. The maximum atomic E-state index is 12.7. The van der Waals surface area contributed by atoms with Crippen molar-refractivity contribution in [2.75, 3.05) is 13.1 Å². The molecule has 4 nitrogen and oxygen atoms in total. The average Bonchev–Trinajstić information content (AvgIpc) is 2.34. The normalized spacial score (nSPS) is 11.0. The molecule has 0 saturated heterocycles. The van der Waals surface area contributed by atoms with Crippen LogP contribution >= 0.6 is 0 Å². The predicted octanol–water partition coefficient (Wildman–Crippen LogP) is 1.59. The van der Waals surface area contributed by atoms with E-state index in [9.17, 15) is 14.0 Å². The van der Waals surface area contributed by atoms with Gasteiger partial charge in [-0.1, -0.05) is 0 Å². The number of amides is 1. The van der Waals surface area contributed by atoms with E-state index in [0.29, 0.717) is 12.1 Å². The van der Waals surface area contributed by atoms with Crippen molar-refractivity contribution in [2.24, 2.45) is 5.73 Å². The van der Waals surface area contributed by atoms with Gasteiger partial charge in [-0.2, -0.15) is 0 Å². The van der Waals surface area contributed by atoms with Gasteiger partial charge in [0, 0.05) is 24.6 Å². The quantitative estimate of drug-likeness (QED) is 0.762. The van der Waals surface area contributed by atoms with Crippen molar-refractivity contribution in [2.45, 2.75) is 26.3 Å². The number of hydrogen-bond acceptors (Lipinski definition) is 3. The van der Waals surface area contributed by atoms with Crippen LogP contribution < -0.4 is 5.73 Å². The molecule has 0 saturated carbocycles. The summed E-state index contributed by atoms with van der Waals surface area (Å²) in [7, 11) is 0. The topological polar surface area (TPSA) is 63.4 Å². The summed E-state index contributed by atoms with van der Waals surface area (Å²) in [5, 5.41) is 0. The summed E-state index contributed by atoms with van der Waals surface area (Å²) in [4.78, 5) is 24.7. The molecule has 0 spiro atoms. The molecule has 104 valence electrons. The number of halogens is 1. The fourth-order valence-electron chi connectivity index (χ4n) is 1.75. The molecule has 0 bridgehead atoms. The second-order valence-corrected chi connectivity index (χ2v) is 4.71. The number of hydrogen-bond donors (Lipinski definition) is 1. The van der Waals surface area contributed by atoms with Crippen molar-refractivity contribution in [3.8, 4) is 0 Å². The standard InChI is InChI=1S/C14H19FN2O2/c1-10(2)17(9-14(16)19)8-7-13(18)11-3-5-12(15)6-4-11/h3-6,10H,7-9H2,1-2H3,(H2,16,19). The Morgan fingerprint density at radius 2 is 1.84 bits per heavy atom. The Morgan fingerprint density at radius 3 is 2.32 bits per heavy atom. The van der Waals surface area contributed by atoms with E-state index in [-0.39, 0.29) is 30.6 Å². The van der Waals surface area contributed by atoms with Gasteiger partial charge in [-0.3, -0.25) is 14.5 Å². The first-order valence-corrected chi connectivity index (χ1v) is 6.21. The molecular formula is C14H19FN2O2. The van der Waals surface area contributed by atoms with E-state index in [1.807, 2.05) is 18.7 Å². The number of rotatable bonds is 7. The molecule has 0 fully saturated rings. The molecule has 0 radical (unpaired) electrons. The van der Waals surface area contributed by atoms with Crippen molar-refractivity contribution in [3.05, 3.63) is 35.6 Å². The lowest BCUT2D eigenvalue weighted by Gasteiger charge is -2.24. The molecule has 0 aliphatic carbocycles. The largest absolute Gasteiger partial charge is 0.369 e. The molecule has 0 atom stereocenters. The van der Waals surface area contributed by atoms with Gasteiger partial charge in [0.05, 0.1) is 6.54 Å². The SMILES string of the molecule is CC(C)N(CCC(=O)c1ccc(F)cc1)CC(N)=O. The van der Waals surface area contributed by atoms with Gasteiger partial charge in [0.25, 0.3) is 0 Å². The molecule has 2 N–H and O–H groups in total. The van der Waals surface area contributed by atoms with Gasteiger partial charge < -0.3 is 5.73 Å². The average molecular weight is 266 g/mol. The Bertz CT molecular complexity index is 443. The molecule has 1 amide bonds.